The Morgan fingerprint density at radius 2 is 1.67 bits per heavy atom. The van der Waals surface area contributed by atoms with Crippen LogP contribution >= 0.6 is 0 Å². The molecule has 4 heteroatoms. The van der Waals surface area contributed by atoms with Crippen molar-refractivity contribution in [3.63, 3.8) is 0 Å². The third-order valence-electron chi connectivity index (χ3n) is 7.32. The highest BCUT2D eigenvalue weighted by molar-refractivity contribution is 5.86. The van der Waals surface area contributed by atoms with Crippen molar-refractivity contribution in [2.24, 2.45) is 0 Å². The van der Waals surface area contributed by atoms with Gasteiger partial charge in [0.15, 0.2) is 0 Å². The van der Waals surface area contributed by atoms with Crippen LogP contribution < -0.4 is 0 Å². The molecule has 0 radical (unpaired) electrons. The molecule has 3 aromatic heterocycles. The third-order valence-corrected chi connectivity index (χ3v) is 7.32. The zero-order valence-electron chi connectivity index (χ0n) is 20.5. The first-order chi connectivity index (χ1) is 15.8. The van der Waals surface area contributed by atoms with Crippen LogP contribution in [0.4, 0.5) is 0 Å². The lowest BCUT2D eigenvalue weighted by atomic mass is 10.0. The van der Waals surface area contributed by atoms with Crippen LogP contribution in [0, 0.1) is 20.8 Å². The number of H-pyrrole nitrogens is 2. The van der Waals surface area contributed by atoms with Crippen LogP contribution in [0.2, 0.25) is 0 Å². The lowest BCUT2D eigenvalue weighted by Crippen LogP contribution is -1.91. The van der Waals surface area contributed by atoms with Gasteiger partial charge < -0.3 is 9.97 Å². The number of allylic oxidation sites excluding steroid dienone is 1. The molecule has 168 valence electrons. The molecule has 0 saturated carbocycles. The molecule has 0 unspecified atom stereocenters. The fourth-order valence-corrected chi connectivity index (χ4v) is 5.14. The number of nitrogens with zero attached hydrogens (tertiary/aromatic N) is 2. The number of aromatic amines is 2. The first kappa shape index (κ1) is 21.4. The molecule has 2 aliphatic heterocycles. The van der Waals surface area contributed by atoms with Crippen LogP contribution in [0.15, 0.2) is 24.8 Å². The Kier molecular flexibility index (Phi) is 5.12. The van der Waals surface area contributed by atoms with Crippen molar-refractivity contribution >= 4 is 39.8 Å². The molecular formula is C29H32N4. The Hall–Kier alpha value is -3.40. The monoisotopic (exact) mass is 436 g/mol. The Balaban J connectivity index is 1.99. The second-order valence-electron chi connectivity index (χ2n) is 9.46. The fraction of sp³-hybridized carbons (Fsp3) is 0.310. The summed E-state index contributed by atoms with van der Waals surface area (Å²) in [5.74, 6) is 0.370. The summed E-state index contributed by atoms with van der Waals surface area (Å²) in [6.07, 6.45) is 6.04. The lowest BCUT2D eigenvalue weighted by molar-refractivity contribution is 0.793. The molecule has 5 heterocycles. The van der Waals surface area contributed by atoms with Crippen LogP contribution in [0.25, 0.3) is 39.8 Å². The standard InChI is InChI=1S/C29H32N4/c1-8-20-18(6)27-14-29-21(9-2)17(5)26(32-29)12-22-15(3)10-24(30-22)19(7)25-11-16(4)23(31-25)13-28(20)33-27/h9,11-15,32-33H,2,8,10H2,1,3-7H3/t15-/m0/s1. The van der Waals surface area contributed by atoms with E-state index >= 15 is 0 Å². The second-order valence-corrected chi connectivity index (χ2v) is 9.46. The van der Waals surface area contributed by atoms with Gasteiger partial charge in [0.25, 0.3) is 0 Å². The summed E-state index contributed by atoms with van der Waals surface area (Å²) in [5, 5.41) is 0. The highest BCUT2D eigenvalue weighted by Crippen LogP contribution is 2.31. The second kappa shape index (κ2) is 7.87. The molecule has 4 nitrogen and oxygen atoms in total. The Morgan fingerprint density at radius 3 is 2.39 bits per heavy atom. The van der Waals surface area contributed by atoms with E-state index in [2.05, 4.69) is 82.4 Å². The summed E-state index contributed by atoms with van der Waals surface area (Å²) >= 11 is 0. The molecule has 33 heavy (non-hydrogen) atoms. The van der Waals surface area contributed by atoms with Crippen molar-refractivity contribution in [3.8, 4) is 0 Å². The predicted molar refractivity (Wildman–Crippen MR) is 140 cm³/mol. The van der Waals surface area contributed by atoms with E-state index in [1.54, 1.807) is 0 Å². The maximum absolute atomic E-state index is 5.05. The molecule has 2 aliphatic rings. The number of hydrogen-bond donors (Lipinski definition) is 2. The molecule has 0 amide bonds. The van der Waals surface area contributed by atoms with Crippen LogP contribution in [-0.4, -0.2) is 19.9 Å². The van der Waals surface area contributed by atoms with Gasteiger partial charge in [-0.2, -0.15) is 0 Å². The zero-order chi connectivity index (χ0) is 23.4. The van der Waals surface area contributed by atoms with Gasteiger partial charge in [-0.1, -0.05) is 26.5 Å². The fourth-order valence-electron chi connectivity index (χ4n) is 5.14. The summed E-state index contributed by atoms with van der Waals surface area (Å²) < 4.78 is 0. The Bertz CT molecular complexity index is 1490. The average Bonchev–Trinajstić information content (AvgIpc) is 3.49. The maximum Gasteiger partial charge on any atom is 0.0687 e. The quantitative estimate of drug-likeness (QED) is 0.441. The van der Waals surface area contributed by atoms with E-state index in [1.807, 2.05) is 6.08 Å². The first-order valence-electron chi connectivity index (χ1n) is 11.8. The minimum Gasteiger partial charge on any atom is -0.355 e. The van der Waals surface area contributed by atoms with Gasteiger partial charge in [0, 0.05) is 44.9 Å². The SMILES string of the molecule is C=Cc1c(C)c2cc3nc(c(C)c4nc(cc5[nH]c(cc1[nH]2)c(C)c5CC)C(C)=C4)C[C@@H]3C. The van der Waals surface area contributed by atoms with Gasteiger partial charge in [0.05, 0.1) is 11.4 Å². The third kappa shape index (κ3) is 3.45. The lowest BCUT2D eigenvalue weighted by Gasteiger charge is -2.00. The molecule has 0 aromatic carbocycles. The molecule has 8 bridgehead atoms. The van der Waals surface area contributed by atoms with E-state index in [1.165, 1.54) is 27.8 Å². The molecule has 0 fully saturated rings. The molecule has 0 aliphatic carbocycles. The molecule has 2 N–H and O–H groups in total. The predicted octanol–water partition coefficient (Wildman–Crippen LogP) is 7.35. The van der Waals surface area contributed by atoms with Crippen molar-refractivity contribution < 1.29 is 0 Å². The molecule has 5 rings (SSSR count). The summed E-state index contributed by atoms with van der Waals surface area (Å²) in [5.41, 5.74) is 16.0. The van der Waals surface area contributed by atoms with Crippen molar-refractivity contribution in [2.75, 3.05) is 0 Å². The van der Waals surface area contributed by atoms with E-state index in [4.69, 9.17) is 9.97 Å². The maximum atomic E-state index is 5.05. The molecule has 0 spiro atoms. The van der Waals surface area contributed by atoms with E-state index in [-0.39, 0.29) is 0 Å². The number of nitrogens with one attached hydrogen (secondary N) is 2. The van der Waals surface area contributed by atoms with Crippen molar-refractivity contribution in [1.82, 2.24) is 19.9 Å². The van der Waals surface area contributed by atoms with E-state index in [0.29, 0.717) is 5.92 Å². The number of hydrogen-bond acceptors (Lipinski definition) is 2. The smallest absolute Gasteiger partial charge is 0.0687 e. The minimum absolute atomic E-state index is 0.370. The van der Waals surface area contributed by atoms with Gasteiger partial charge in [-0.15, -0.1) is 0 Å². The Labute approximate surface area is 195 Å². The van der Waals surface area contributed by atoms with Crippen LogP contribution in [0.3, 0.4) is 0 Å². The summed E-state index contributed by atoms with van der Waals surface area (Å²) in [6, 6.07) is 6.63. The highest BCUT2D eigenvalue weighted by atomic mass is 14.8. The van der Waals surface area contributed by atoms with Crippen LogP contribution in [0.5, 0.6) is 0 Å². The highest BCUT2D eigenvalue weighted by Gasteiger charge is 2.20. The molecule has 0 saturated heterocycles. The van der Waals surface area contributed by atoms with Gasteiger partial charge in [-0.25, -0.2) is 4.98 Å². The van der Waals surface area contributed by atoms with E-state index < -0.39 is 0 Å². The van der Waals surface area contributed by atoms with Gasteiger partial charge in [-0.3, -0.25) is 4.98 Å². The first-order valence-corrected chi connectivity index (χ1v) is 11.8. The number of aryl methyl sites for hydroxylation is 3. The van der Waals surface area contributed by atoms with Crippen LogP contribution in [-0.2, 0) is 12.8 Å². The normalized spacial score (nSPS) is 15.6. The van der Waals surface area contributed by atoms with Gasteiger partial charge in [-0.05, 0) is 92.6 Å². The van der Waals surface area contributed by atoms with Crippen LogP contribution in [0.1, 0.15) is 77.3 Å². The average molecular weight is 437 g/mol. The molecule has 1 atom stereocenters. The number of aromatic nitrogens is 4. The van der Waals surface area contributed by atoms with Crippen molar-refractivity contribution in [3.05, 3.63) is 75.4 Å². The zero-order valence-corrected chi connectivity index (χ0v) is 20.5. The van der Waals surface area contributed by atoms with Gasteiger partial charge in [0.1, 0.15) is 0 Å². The van der Waals surface area contributed by atoms with Crippen molar-refractivity contribution in [1.29, 1.82) is 0 Å². The largest absolute Gasteiger partial charge is 0.355 e. The summed E-state index contributed by atoms with van der Waals surface area (Å²) in [6.45, 7) is 17.2. The van der Waals surface area contributed by atoms with Crippen molar-refractivity contribution in [2.45, 2.75) is 60.3 Å². The summed E-state index contributed by atoms with van der Waals surface area (Å²) in [7, 11) is 0. The number of fused-ring (bicyclic) bond motifs is 8. The molecular weight excluding hydrogens is 404 g/mol. The van der Waals surface area contributed by atoms with Gasteiger partial charge >= 0.3 is 0 Å². The minimum atomic E-state index is 0.370. The number of rotatable bonds is 2. The summed E-state index contributed by atoms with van der Waals surface area (Å²) in [4.78, 5) is 17.4. The Morgan fingerprint density at radius 1 is 0.939 bits per heavy atom. The molecule has 3 aromatic rings. The topological polar surface area (TPSA) is 57.4 Å². The van der Waals surface area contributed by atoms with E-state index in [0.717, 1.165) is 63.2 Å². The van der Waals surface area contributed by atoms with Gasteiger partial charge in [0.2, 0.25) is 0 Å². The van der Waals surface area contributed by atoms with E-state index in [9.17, 15) is 0 Å².